The Hall–Kier alpha value is -1.78. The molecule has 2 heterocycles. The van der Waals surface area contributed by atoms with Gasteiger partial charge in [-0.15, -0.1) is 0 Å². The Labute approximate surface area is 123 Å². The summed E-state index contributed by atoms with van der Waals surface area (Å²) in [5.41, 5.74) is 3.97. The van der Waals surface area contributed by atoms with Gasteiger partial charge in [0, 0.05) is 23.3 Å². The van der Waals surface area contributed by atoms with Gasteiger partial charge in [-0.2, -0.15) is 0 Å². The van der Waals surface area contributed by atoms with Crippen LogP contribution in [0.25, 0.3) is 5.69 Å². The fourth-order valence-corrected chi connectivity index (χ4v) is 2.43. The Morgan fingerprint density at radius 3 is 2.95 bits per heavy atom. The fourth-order valence-electron chi connectivity index (χ4n) is 2.26. The molecule has 0 atom stereocenters. The topological polar surface area (TPSA) is 29.8 Å². The first-order valence-electron chi connectivity index (χ1n) is 6.49. The molecule has 0 amide bonds. The largest absolute Gasteiger partial charge is 0.394 e. The van der Waals surface area contributed by atoms with Crippen molar-refractivity contribution in [3.05, 3.63) is 52.8 Å². The summed E-state index contributed by atoms with van der Waals surface area (Å²) in [6.07, 6.45) is 2.02. The summed E-state index contributed by atoms with van der Waals surface area (Å²) in [5.74, 6) is 0. The first-order valence-corrected chi connectivity index (χ1v) is 6.87. The maximum absolute atomic E-state index is 6.09. The predicted molar refractivity (Wildman–Crippen MR) is 80.9 cm³/mol. The lowest BCUT2D eigenvalue weighted by Crippen LogP contribution is -2.17. The third-order valence-electron chi connectivity index (χ3n) is 3.25. The first kappa shape index (κ1) is 13.2. The van der Waals surface area contributed by atoms with Crippen LogP contribution in [0.1, 0.15) is 11.3 Å². The van der Waals surface area contributed by atoms with Gasteiger partial charge >= 0.3 is 0 Å². The number of fused-ring (bicyclic) bond motifs is 3. The summed E-state index contributed by atoms with van der Waals surface area (Å²) in [5, 5.41) is 5.01. The van der Waals surface area contributed by atoms with Gasteiger partial charge in [-0.25, -0.2) is 0 Å². The van der Waals surface area contributed by atoms with Crippen molar-refractivity contribution in [1.82, 2.24) is 9.47 Å². The van der Waals surface area contributed by atoms with Crippen molar-refractivity contribution in [1.29, 1.82) is 0 Å². The van der Waals surface area contributed by atoms with Crippen molar-refractivity contribution in [3.63, 3.8) is 0 Å². The second kappa shape index (κ2) is 5.31. The number of oxime groups is 1. The van der Waals surface area contributed by atoms with Gasteiger partial charge in [0.15, 0.2) is 0 Å². The number of likely N-dealkylation sites (N-methyl/N-ethyl adjacent to an activating group) is 1. The van der Waals surface area contributed by atoms with E-state index in [9.17, 15) is 0 Å². The van der Waals surface area contributed by atoms with Crippen LogP contribution in [-0.2, 0) is 4.84 Å². The van der Waals surface area contributed by atoms with Crippen molar-refractivity contribution in [3.8, 4) is 5.69 Å². The van der Waals surface area contributed by atoms with Crippen LogP contribution in [0.2, 0.25) is 5.02 Å². The van der Waals surface area contributed by atoms with E-state index in [1.54, 1.807) is 0 Å². The van der Waals surface area contributed by atoms with E-state index in [1.807, 2.05) is 50.6 Å². The number of benzene rings is 1. The Balaban J connectivity index is 1.92. The van der Waals surface area contributed by atoms with Crippen LogP contribution in [-0.4, -0.2) is 42.4 Å². The summed E-state index contributed by atoms with van der Waals surface area (Å²) in [6, 6.07) is 9.85. The molecule has 0 spiro atoms. The number of nitrogens with zero attached hydrogens (tertiary/aromatic N) is 3. The highest BCUT2D eigenvalue weighted by Crippen LogP contribution is 2.30. The molecule has 1 aliphatic rings. The molecule has 1 aliphatic heterocycles. The lowest BCUT2D eigenvalue weighted by atomic mass is 10.1. The zero-order valence-electron chi connectivity index (χ0n) is 11.5. The lowest BCUT2D eigenvalue weighted by Gasteiger charge is -2.07. The number of aromatic nitrogens is 1. The van der Waals surface area contributed by atoms with Gasteiger partial charge < -0.3 is 14.3 Å². The number of hydrogen-bond acceptors (Lipinski definition) is 3. The van der Waals surface area contributed by atoms with Crippen LogP contribution in [0, 0.1) is 0 Å². The number of rotatable bonds is 4. The lowest BCUT2D eigenvalue weighted by molar-refractivity contribution is 0.126. The highest BCUT2D eigenvalue weighted by molar-refractivity contribution is 6.31. The van der Waals surface area contributed by atoms with Crippen LogP contribution in [0.15, 0.2) is 41.7 Å². The van der Waals surface area contributed by atoms with Gasteiger partial charge in [-0.1, -0.05) is 16.8 Å². The molecule has 0 fully saturated rings. The maximum atomic E-state index is 6.09. The van der Waals surface area contributed by atoms with Crippen molar-refractivity contribution in [2.75, 3.05) is 27.2 Å². The van der Waals surface area contributed by atoms with Gasteiger partial charge in [-0.3, -0.25) is 0 Å². The zero-order chi connectivity index (χ0) is 14.1. The molecule has 3 rings (SSSR count). The minimum absolute atomic E-state index is 0.563. The molecular weight excluding hydrogens is 274 g/mol. The minimum Gasteiger partial charge on any atom is -0.394 e. The molecule has 0 N–H and O–H groups in total. The SMILES string of the molecule is CN(C)CCO/N=C1/c2cc(Cl)ccc2-n2cccc21. The smallest absolute Gasteiger partial charge is 0.136 e. The van der Waals surface area contributed by atoms with E-state index in [4.69, 9.17) is 16.4 Å². The highest BCUT2D eigenvalue weighted by Gasteiger charge is 2.25. The van der Waals surface area contributed by atoms with E-state index in [2.05, 4.69) is 14.6 Å². The summed E-state index contributed by atoms with van der Waals surface area (Å²) in [6.45, 7) is 1.40. The monoisotopic (exact) mass is 289 g/mol. The molecule has 20 heavy (non-hydrogen) atoms. The molecule has 0 aliphatic carbocycles. The highest BCUT2D eigenvalue weighted by atomic mass is 35.5. The van der Waals surface area contributed by atoms with Gasteiger partial charge in [-0.05, 0) is 44.4 Å². The summed E-state index contributed by atoms with van der Waals surface area (Å²) in [4.78, 5) is 7.50. The van der Waals surface area contributed by atoms with Crippen molar-refractivity contribution >= 4 is 17.3 Å². The standard InChI is InChI=1S/C15H16ClN3O/c1-18(2)8-9-20-17-15-12-10-11(16)5-6-13(12)19-7-3-4-14(15)19/h3-7,10H,8-9H2,1-2H3/b17-15-. The van der Waals surface area contributed by atoms with E-state index in [-0.39, 0.29) is 0 Å². The van der Waals surface area contributed by atoms with E-state index >= 15 is 0 Å². The normalized spacial score (nSPS) is 14.7. The molecule has 0 bridgehead atoms. The Bertz CT molecular complexity index is 661. The third-order valence-corrected chi connectivity index (χ3v) is 3.49. The van der Waals surface area contributed by atoms with E-state index in [0.29, 0.717) is 11.6 Å². The summed E-state index contributed by atoms with van der Waals surface area (Å²) < 4.78 is 2.10. The second-order valence-corrected chi connectivity index (χ2v) is 5.44. The molecule has 0 radical (unpaired) electrons. The molecule has 0 saturated carbocycles. The molecule has 4 nitrogen and oxygen atoms in total. The van der Waals surface area contributed by atoms with Gasteiger partial charge in [0.2, 0.25) is 0 Å². The molecule has 5 heteroatoms. The molecular formula is C15H16ClN3O. The molecule has 2 aromatic rings. The molecule has 1 aromatic carbocycles. The van der Waals surface area contributed by atoms with Gasteiger partial charge in [0.1, 0.15) is 12.3 Å². The van der Waals surface area contributed by atoms with Gasteiger partial charge in [0.05, 0.1) is 11.4 Å². The Morgan fingerprint density at radius 1 is 1.30 bits per heavy atom. The van der Waals surface area contributed by atoms with E-state index in [0.717, 1.165) is 29.2 Å². The van der Waals surface area contributed by atoms with E-state index in [1.165, 1.54) is 0 Å². The second-order valence-electron chi connectivity index (χ2n) is 5.00. The maximum Gasteiger partial charge on any atom is 0.136 e. The number of halogens is 1. The Kier molecular flexibility index (Phi) is 3.51. The van der Waals surface area contributed by atoms with Gasteiger partial charge in [0.25, 0.3) is 0 Å². The quantitative estimate of drug-likeness (QED) is 0.546. The van der Waals surface area contributed by atoms with Crippen LogP contribution in [0.4, 0.5) is 0 Å². The van der Waals surface area contributed by atoms with E-state index < -0.39 is 0 Å². The average molecular weight is 290 g/mol. The summed E-state index contributed by atoms with van der Waals surface area (Å²) >= 11 is 6.09. The van der Waals surface area contributed by atoms with Crippen molar-refractivity contribution < 1.29 is 4.84 Å². The molecule has 0 saturated heterocycles. The van der Waals surface area contributed by atoms with Crippen LogP contribution >= 0.6 is 11.6 Å². The van der Waals surface area contributed by atoms with Crippen LogP contribution in [0.5, 0.6) is 0 Å². The molecule has 104 valence electrons. The zero-order valence-corrected chi connectivity index (χ0v) is 12.3. The predicted octanol–water partition coefficient (Wildman–Crippen LogP) is 2.77. The molecule has 0 unspecified atom stereocenters. The average Bonchev–Trinajstić information content (AvgIpc) is 2.96. The Morgan fingerprint density at radius 2 is 2.15 bits per heavy atom. The van der Waals surface area contributed by atoms with Crippen LogP contribution in [0.3, 0.4) is 0 Å². The van der Waals surface area contributed by atoms with Crippen LogP contribution < -0.4 is 0 Å². The van der Waals surface area contributed by atoms with Crippen molar-refractivity contribution in [2.24, 2.45) is 5.16 Å². The third kappa shape index (κ3) is 2.32. The fraction of sp³-hybridized carbons (Fsp3) is 0.267. The minimum atomic E-state index is 0.563. The van der Waals surface area contributed by atoms with Crippen molar-refractivity contribution in [2.45, 2.75) is 0 Å². The first-order chi connectivity index (χ1) is 9.66. The summed E-state index contributed by atoms with van der Waals surface area (Å²) in [7, 11) is 4.01. The number of hydrogen-bond donors (Lipinski definition) is 0. The molecule has 1 aromatic heterocycles.